The number of allylic oxidation sites excluding steroid dienone is 1. The molecule has 1 N–H and O–H groups in total. The molecule has 0 aliphatic heterocycles. The van der Waals surface area contributed by atoms with Gasteiger partial charge in [0.05, 0.1) is 6.61 Å². The summed E-state index contributed by atoms with van der Waals surface area (Å²) in [7, 11) is 1.73. The predicted molar refractivity (Wildman–Crippen MR) is 85.0 cm³/mol. The number of nitrogens with zero attached hydrogens (tertiary/aromatic N) is 1. The zero-order valence-corrected chi connectivity index (χ0v) is 12.3. The first-order valence-corrected chi connectivity index (χ1v) is 7.24. The molecule has 0 saturated heterocycles. The fourth-order valence-corrected chi connectivity index (χ4v) is 2.46. The summed E-state index contributed by atoms with van der Waals surface area (Å²) >= 11 is 0. The maximum absolute atomic E-state index is 5.07. The van der Waals surface area contributed by atoms with Crippen molar-refractivity contribution in [3.05, 3.63) is 48.7 Å². The zero-order chi connectivity index (χ0) is 14.2. The zero-order valence-electron chi connectivity index (χ0n) is 12.3. The van der Waals surface area contributed by atoms with E-state index in [0.29, 0.717) is 0 Å². The molecule has 0 radical (unpaired) electrons. The SMILES string of the molecule is C=CCCCn1c(CNCCOC)cc2ccccc21. The van der Waals surface area contributed by atoms with E-state index in [1.165, 1.54) is 16.6 Å². The standard InChI is InChI=1S/C17H24N2O/c1-3-4-7-11-19-16(14-18-10-12-20-2)13-15-8-5-6-9-17(15)19/h3,5-6,8-9,13,18H,1,4,7,10-12,14H2,2H3. The number of unbranched alkanes of at least 4 members (excludes halogenated alkanes) is 1. The molecule has 0 aliphatic rings. The largest absolute Gasteiger partial charge is 0.383 e. The summed E-state index contributed by atoms with van der Waals surface area (Å²) in [6, 6.07) is 10.9. The highest BCUT2D eigenvalue weighted by molar-refractivity contribution is 5.81. The van der Waals surface area contributed by atoms with Crippen LogP contribution in [0.5, 0.6) is 0 Å². The van der Waals surface area contributed by atoms with Gasteiger partial charge in [0.2, 0.25) is 0 Å². The minimum absolute atomic E-state index is 0.747. The Kier molecular flexibility index (Phi) is 5.84. The molecule has 2 aromatic rings. The van der Waals surface area contributed by atoms with Crippen LogP contribution in [-0.2, 0) is 17.8 Å². The second-order valence-electron chi connectivity index (χ2n) is 4.95. The van der Waals surface area contributed by atoms with Gasteiger partial charge in [-0.2, -0.15) is 0 Å². The topological polar surface area (TPSA) is 26.2 Å². The Morgan fingerprint density at radius 2 is 2.20 bits per heavy atom. The van der Waals surface area contributed by atoms with Gasteiger partial charge in [0.1, 0.15) is 0 Å². The third-order valence-corrected chi connectivity index (χ3v) is 3.48. The minimum Gasteiger partial charge on any atom is -0.383 e. The summed E-state index contributed by atoms with van der Waals surface area (Å²) in [5, 5.41) is 4.74. The average molecular weight is 272 g/mol. The van der Waals surface area contributed by atoms with Crippen molar-refractivity contribution in [1.29, 1.82) is 0 Å². The van der Waals surface area contributed by atoms with Crippen molar-refractivity contribution in [2.75, 3.05) is 20.3 Å². The molecule has 0 aliphatic carbocycles. The van der Waals surface area contributed by atoms with E-state index in [-0.39, 0.29) is 0 Å². The second-order valence-corrected chi connectivity index (χ2v) is 4.95. The maximum atomic E-state index is 5.07. The van der Waals surface area contributed by atoms with E-state index in [9.17, 15) is 0 Å². The lowest BCUT2D eigenvalue weighted by Gasteiger charge is -2.11. The molecule has 0 amide bonds. The minimum atomic E-state index is 0.747. The second kappa shape index (κ2) is 7.88. The average Bonchev–Trinajstić information content (AvgIpc) is 2.82. The van der Waals surface area contributed by atoms with Crippen molar-refractivity contribution in [1.82, 2.24) is 9.88 Å². The number of rotatable bonds is 9. The van der Waals surface area contributed by atoms with Crippen LogP contribution in [0.25, 0.3) is 10.9 Å². The molecule has 108 valence electrons. The Morgan fingerprint density at radius 1 is 1.35 bits per heavy atom. The normalized spacial score (nSPS) is 11.1. The smallest absolute Gasteiger partial charge is 0.0587 e. The predicted octanol–water partition coefficient (Wildman–Crippen LogP) is 3.34. The number of aromatic nitrogens is 1. The fourth-order valence-electron chi connectivity index (χ4n) is 2.46. The van der Waals surface area contributed by atoms with Crippen LogP contribution in [0, 0.1) is 0 Å². The molecule has 0 atom stereocenters. The molecule has 0 saturated carbocycles. The van der Waals surface area contributed by atoms with E-state index >= 15 is 0 Å². The van der Waals surface area contributed by atoms with Gasteiger partial charge in [0.15, 0.2) is 0 Å². The summed E-state index contributed by atoms with van der Waals surface area (Å²) in [6.45, 7) is 7.35. The van der Waals surface area contributed by atoms with E-state index in [2.05, 4.69) is 46.8 Å². The summed E-state index contributed by atoms with van der Waals surface area (Å²) in [4.78, 5) is 0. The molecule has 1 aromatic heterocycles. The van der Waals surface area contributed by atoms with Crippen LogP contribution in [0.4, 0.5) is 0 Å². The van der Waals surface area contributed by atoms with Gasteiger partial charge in [-0.05, 0) is 30.4 Å². The van der Waals surface area contributed by atoms with Crippen LogP contribution in [0.2, 0.25) is 0 Å². The molecule has 3 nitrogen and oxygen atoms in total. The summed E-state index contributed by atoms with van der Waals surface area (Å²) in [6.07, 6.45) is 4.18. The Bertz CT molecular complexity index is 545. The number of benzene rings is 1. The molecule has 0 spiro atoms. The van der Waals surface area contributed by atoms with Crippen molar-refractivity contribution in [3.63, 3.8) is 0 Å². The molecule has 0 unspecified atom stereocenters. The highest BCUT2D eigenvalue weighted by atomic mass is 16.5. The van der Waals surface area contributed by atoms with Crippen molar-refractivity contribution in [3.8, 4) is 0 Å². The van der Waals surface area contributed by atoms with E-state index in [1.807, 2.05) is 6.08 Å². The molecule has 3 heteroatoms. The van der Waals surface area contributed by atoms with Gasteiger partial charge >= 0.3 is 0 Å². The van der Waals surface area contributed by atoms with E-state index in [4.69, 9.17) is 4.74 Å². The van der Waals surface area contributed by atoms with Gasteiger partial charge in [0.25, 0.3) is 0 Å². The third-order valence-electron chi connectivity index (χ3n) is 3.48. The van der Waals surface area contributed by atoms with Gasteiger partial charge in [-0.3, -0.25) is 0 Å². The Labute approximate surface area is 121 Å². The highest BCUT2D eigenvalue weighted by Gasteiger charge is 2.07. The first-order chi connectivity index (χ1) is 9.86. The first kappa shape index (κ1) is 14.8. The Morgan fingerprint density at radius 3 is 3.00 bits per heavy atom. The monoisotopic (exact) mass is 272 g/mol. The lowest BCUT2D eigenvalue weighted by Crippen LogP contribution is -2.20. The molecule has 20 heavy (non-hydrogen) atoms. The molecule has 0 bridgehead atoms. The Hall–Kier alpha value is -1.58. The van der Waals surface area contributed by atoms with Crippen LogP contribution < -0.4 is 5.32 Å². The number of aryl methyl sites for hydroxylation is 1. The molecule has 0 fully saturated rings. The van der Waals surface area contributed by atoms with E-state index < -0.39 is 0 Å². The van der Waals surface area contributed by atoms with Crippen molar-refractivity contribution in [2.45, 2.75) is 25.9 Å². The first-order valence-electron chi connectivity index (χ1n) is 7.24. The van der Waals surface area contributed by atoms with Gasteiger partial charge in [-0.1, -0.05) is 24.3 Å². The number of nitrogens with one attached hydrogen (secondary N) is 1. The van der Waals surface area contributed by atoms with E-state index in [1.54, 1.807) is 7.11 Å². The van der Waals surface area contributed by atoms with Crippen molar-refractivity contribution in [2.24, 2.45) is 0 Å². The molecular weight excluding hydrogens is 248 g/mol. The summed E-state index contributed by atoms with van der Waals surface area (Å²) in [5.74, 6) is 0. The van der Waals surface area contributed by atoms with Gasteiger partial charge in [-0.25, -0.2) is 0 Å². The molecular formula is C17H24N2O. The lowest BCUT2D eigenvalue weighted by molar-refractivity contribution is 0.199. The van der Waals surface area contributed by atoms with Crippen LogP contribution in [0.1, 0.15) is 18.5 Å². The van der Waals surface area contributed by atoms with Crippen LogP contribution in [-0.4, -0.2) is 24.8 Å². The lowest BCUT2D eigenvalue weighted by atomic mass is 10.2. The van der Waals surface area contributed by atoms with Crippen LogP contribution in [0.15, 0.2) is 43.0 Å². The number of hydrogen-bond acceptors (Lipinski definition) is 2. The Balaban J connectivity index is 2.13. The van der Waals surface area contributed by atoms with Crippen LogP contribution in [0.3, 0.4) is 0 Å². The number of hydrogen-bond donors (Lipinski definition) is 1. The van der Waals surface area contributed by atoms with Gasteiger partial charge in [-0.15, -0.1) is 6.58 Å². The summed E-state index contributed by atoms with van der Waals surface area (Å²) < 4.78 is 7.48. The molecule has 2 rings (SSSR count). The van der Waals surface area contributed by atoms with Crippen LogP contribution >= 0.6 is 0 Å². The van der Waals surface area contributed by atoms with Crippen molar-refractivity contribution >= 4 is 10.9 Å². The number of ether oxygens (including phenoxy) is 1. The van der Waals surface area contributed by atoms with Gasteiger partial charge in [0, 0.05) is 38.0 Å². The number of para-hydroxylation sites is 1. The van der Waals surface area contributed by atoms with E-state index in [0.717, 1.165) is 39.1 Å². The quantitative estimate of drug-likeness (QED) is 0.559. The highest BCUT2D eigenvalue weighted by Crippen LogP contribution is 2.20. The fraction of sp³-hybridized carbons (Fsp3) is 0.412. The third kappa shape index (κ3) is 3.71. The number of methoxy groups -OCH3 is 1. The van der Waals surface area contributed by atoms with Crippen molar-refractivity contribution < 1.29 is 4.74 Å². The molecule has 1 aromatic carbocycles. The maximum Gasteiger partial charge on any atom is 0.0587 e. The summed E-state index contributed by atoms with van der Waals surface area (Å²) in [5.41, 5.74) is 2.66. The number of fused-ring (bicyclic) bond motifs is 1. The van der Waals surface area contributed by atoms with Gasteiger partial charge < -0.3 is 14.6 Å². The molecule has 1 heterocycles.